The second kappa shape index (κ2) is 4.76. The van der Waals surface area contributed by atoms with E-state index in [1.54, 1.807) is 0 Å². The van der Waals surface area contributed by atoms with Crippen LogP contribution in [0.2, 0.25) is 0 Å². The van der Waals surface area contributed by atoms with Gasteiger partial charge in [0.15, 0.2) is 5.16 Å². The molecule has 6 heteroatoms. The Morgan fingerprint density at radius 2 is 2.31 bits per heavy atom. The molecule has 0 aliphatic carbocycles. The number of aromatic amines is 1. The number of carboxylic acids is 1. The maximum Gasteiger partial charge on any atom is 0.322 e. The number of para-hydroxylation sites is 2. The van der Waals surface area contributed by atoms with Gasteiger partial charge in [-0.2, -0.15) is 0 Å². The van der Waals surface area contributed by atoms with Gasteiger partial charge >= 0.3 is 5.97 Å². The summed E-state index contributed by atoms with van der Waals surface area (Å²) in [7, 11) is 0. The minimum Gasteiger partial charge on any atom is -0.480 e. The molecule has 2 rings (SSSR count). The summed E-state index contributed by atoms with van der Waals surface area (Å²) < 4.78 is 0. The van der Waals surface area contributed by atoms with Crippen molar-refractivity contribution in [3.63, 3.8) is 0 Å². The van der Waals surface area contributed by atoms with Crippen LogP contribution >= 0.6 is 23.4 Å². The number of imidazole rings is 1. The van der Waals surface area contributed by atoms with Gasteiger partial charge in [0.05, 0.1) is 11.0 Å². The van der Waals surface area contributed by atoms with Gasteiger partial charge in [0.2, 0.25) is 0 Å². The predicted molar refractivity (Wildman–Crippen MR) is 64.1 cm³/mol. The lowest BCUT2D eigenvalue weighted by Gasteiger charge is -2.00. The van der Waals surface area contributed by atoms with Gasteiger partial charge in [-0.15, -0.1) is 11.6 Å². The molecule has 0 bridgehead atoms. The average molecular weight is 257 g/mol. The van der Waals surface area contributed by atoms with Gasteiger partial charge < -0.3 is 10.1 Å². The summed E-state index contributed by atoms with van der Waals surface area (Å²) in [4.78, 5) is 17.9. The monoisotopic (exact) mass is 256 g/mol. The molecule has 1 heterocycles. The second-order valence-electron chi connectivity index (χ2n) is 3.18. The number of carboxylic acid groups (broad SMARTS) is 1. The molecule has 16 heavy (non-hydrogen) atoms. The van der Waals surface area contributed by atoms with Crippen LogP contribution in [-0.2, 0) is 4.79 Å². The Bertz CT molecular complexity index is 481. The summed E-state index contributed by atoms with van der Waals surface area (Å²) in [6, 6.07) is 7.63. The maximum absolute atomic E-state index is 10.5. The number of halogens is 1. The van der Waals surface area contributed by atoms with E-state index in [0.717, 1.165) is 11.0 Å². The molecule has 1 aromatic heterocycles. The van der Waals surface area contributed by atoms with Crippen LogP contribution in [0.25, 0.3) is 11.0 Å². The third-order valence-corrected chi connectivity index (χ3v) is 3.49. The molecule has 0 radical (unpaired) electrons. The fourth-order valence-electron chi connectivity index (χ4n) is 1.22. The van der Waals surface area contributed by atoms with Gasteiger partial charge in [-0.3, -0.25) is 4.79 Å². The van der Waals surface area contributed by atoms with E-state index < -0.39 is 11.3 Å². The zero-order valence-corrected chi connectivity index (χ0v) is 9.76. The highest BCUT2D eigenvalue weighted by atomic mass is 35.5. The number of nitrogens with one attached hydrogen (secondary N) is 1. The molecule has 1 aromatic carbocycles. The molecule has 0 aliphatic heterocycles. The van der Waals surface area contributed by atoms with E-state index >= 15 is 0 Å². The molecule has 0 saturated carbocycles. The summed E-state index contributed by atoms with van der Waals surface area (Å²) >= 11 is 6.91. The Balaban J connectivity index is 2.07. The fraction of sp³-hybridized carbons (Fsp3) is 0.200. The number of fused-ring (bicyclic) bond motifs is 1. The van der Waals surface area contributed by atoms with Crippen molar-refractivity contribution >= 4 is 40.4 Å². The highest BCUT2D eigenvalue weighted by Gasteiger charge is 2.14. The van der Waals surface area contributed by atoms with Crippen LogP contribution in [0.5, 0.6) is 0 Å². The van der Waals surface area contributed by atoms with Crippen LogP contribution < -0.4 is 0 Å². The van der Waals surface area contributed by atoms with Crippen molar-refractivity contribution in [2.45, 2.75) is 10.5 Å². The Morgan fingerprint density at radius 3 is 3.00 bits per heavy atom. The molecule has 4 nitrogen and oxygen atoms in total. The molecule has 0 saturated heterocycles. The first kappa shape index (κ1) is 11.3. The number of nitrogens with zero attached hydrogens (tertiary/aromatic N) is 1. The van der Waals surface area contributed by atoms with Crippen molar-refractivity contribution in [1.82, 2.24) is 9.97 Å². The quantitative estimate of drug-likeness (QED) is 0.651. The van der Waals surface area contributed by atoms with Crippen molar-refractivity contribution in [3.8, 4) is 0 Å². The molecule has 2 N–H and O–H groups in total. The number of benzene rings is 1. The molecule has 1 unspecified atom stereocenters. The first-order chi connectivity index (χ1) is 7.66. The number of aromatic nitrogens is 2. The lowest BCUT2D eigenvalue weighted by atomic mass is 10.3. The molecular formula is C10H9ClN2O2S. The van der Waals surface area contributed by atoms with E-state index in [-0.39, 0.29) is 5.75 Å². The standard InChI is InChI=1S/C10H9ClN2O2S/c11-6(9(14)15)5-16-10-12-7-3-1-2-4-8(7)13-10/h1-4,6H,5H2,(H,12,13)(H,14,15). The Hall–Kier alpha value is -1.20. The Kier molecular flexibility index (Phi) is 3.36. The molecule has 84 valence electrons. The van der Waals surface area contributed by atoms with Crippen molar-refractivity contribution in [1.29, 1.82) is 0 Å². The van der Waals surface area contributed by atoms with E-state index in [1.807, 2.05) is 24.3 Å². The van der Waals surface area contributed by atoms with Crippen molar-refractivity contribution in [2.75, 3.05) is 5.75 Å². The van der Waals surface area contributed by atoms with Crippen LogP contribution in [0.4, 0.5) is 0 Å². The topological polar surface area (TPSA) is 66.0 Å². The minimum absolute atomic E-state index is 0.288. The van der Waals surface area contributed by atoms with E-state index in [9.17, 15) is 4.79 Å². The number of aliphatic carboxylic acids is 1. The van der Waals surface area contributed by atoms with Crippen molar-refractivity contribution < 1.29 is 9.90 Å². The van der Waals surface area contributed by atoms with E-state index in [4.69, 9.17) is 16.7 Å². The Morgan fingerprint density at radius 1 is 1.56 bits per heavy atom. The lowest BCUT2D eigenvalue weighted by molar-refractivity contribution is -0.136. The van der Waals surface area contributed by atoms with Gasteiger partial charge in [0.1, 0.15) is 5.38 Å². The largest absolute Gasteiger partial charge is 0.480 e. The van der Waals surface area contributed by atoms with Crippen LogP contribution in [0.15, 0.2) is 29.4 Å². The number of carbonyl (C=O) groups is 1. The average Bonchev–Trinajstić information content (AvgIpc) is 2.68. The van der Waals surface area contributed by atoms with Gasteiger partial charge in [-0.1, -0.05) is 23.9 Å². The highest BCUT2D eigenvalue weighted by molar-refractivity contribution is 7.99. The number of hydrogen-bond acceptors (Lipinski definition) is 3. The van der Waals surface area contributed by atoms with Crippen molar-refractivity contribution in [2.24, 2.45) is 0 Å². The SMILES string of the molecule is O=C(O)C(Cl)CSc1nc2ccccc2[nH]1. The van der Waals surface area contributed by atoms with Gasteiger partial charge in [0, 0.05) is 5.75 Å². The summed E-state index contributed by atoms with van der Waals surface area (Å²) in [5.41, 5.74) is 1.80. The zero-order chi connectivity index (χ0) is 11.5. The lowest BCUT2D eigenvalue weighted by Crippen LogP contribution is -2.15. The third kappa shape index (κ3) is 2.48. The van der Waals surface area contributed by atoms with Gasteiger partial charge in [0.25, 0.3) is 0 Å². The van der Waals surface area contributed by atoms with E-state index in [1.165, 1.54) is 11.8 Å². The maximum atomic E-state index is 10.5. The number of thioether (sulfide) groups is 1. The van der Waals surface area contributed by atoms with Crippen LogP contribution in [0.1, 0.15) is 0 Å². The molecule has 0 spiro atoms. The molecule has 0 fully saturated rings. The number of H-pyrrole nitrogens is 1. The molecule has 1 atom stereocenters. The highest BCUT2D eigenvalue weighted by Crippen LogP contribution is 2.20. The number of hydrogen-bond donors (Lipinski definition) is 2. The summed E-state index contributed by atoms with van der Waals surface area (Å²) in [6.07, 6.45) is 0. The summed E-state index contributed by atoms with van der Waals surface area (Å²) in [5, 5.41) is 8.42. The summed E-state index contributed by atoms with van der Waals surface area (Å²) in [6.45, 7) is 0. The molecule has 0 aliphatic rings. The van der Waals surface area contributed by atoms with Gasteiger partial charge in [-0.05, 0) is 12.1 Å². The van der Waals surface area contributed by atoms with E-state index in [2.05, 4.69) is 9.97 Å². The van der Waals surface area contributed by atoms with Crippen LogP contribution in [-0.4, -0.2) is 32.2 Å². The third-order valence-electron chi connectivity index (χ3n) is 2.00. The van der Waals surface area contributed by atoms with Crippen LogP contribution in [0, 0.1) is 0 Å². The smallest absolute Gasteiger partial charge is 0.322 e. The predicted octanol–water partition coefficient (Wildman–Crippen LogP) is 2.35. The first-order valence-corrected chi connectivity index (χ1v) is 6.03. The minimum atomic E-state index is -1.01. The van der Waals surface area contributed by atoms with Gasteiger partial charge in [-0.25, -0.2) is 4.98 Å². The second-order valence-corrected chi connectivity index (χ2v) is 4.71. The van der Waals surface area contributed by atoms with Crippen LogP contribution in [0.3, 0.4) is 0 Å². The summed E-state index contributed by atoms with van der Waals surface area (Å²) in [5.74, 6) is -0.721. The number of alkyl halides is 1. The van der Waals surface area contributed by atoms with Crippen molar-refractivity contribution in [3.05, 3.63) is 24.3 Å². The molecule has 0 amide bonds. The number of rotatable bonds is 4. The first-order valence-electron chi connectivity index (χ1n) is 4.61. The van der Waals surface area contributed by atoms with E-state index in [0.29, 0.717) is 5.16 Å². The molecule has 2 aromatic rings. The normalized spacial score (nSPS) is 12.8. The fourth-order valence-corrected chi connectivity index (χ4v) is 2.20. The molecular weight excluding hydrogens is 248 g/mol. The Labute approximate surface area is 101 Å². The zero-order valence-electron chi connectivity index (χ0n) is 8.18.